The smallest absolute Gasteiger partial charge is 0.166 e. The van der Waals surface area contributed by atoms with E-state index in [9.17, 15) is 9.59 Å². The number of ketones is 2. The lowest BCUT2D eigenvalue weighted by molar-refractivity contribution is -0.117. The molecule has 0 radical (unpaired) electrons. The van der Waals surface area contributed by atoms with Crippen LogP contribution in [0.5, 0.6) is 5.75 Å². The molecule has 1 rings (SSSR count). The van der Waals surface area contributed by atoms with Crippen LogP contribution in [0.4, 0.5) is 0 Å². The van der Waals surface area contributed by atoms with Crippen molar-refractivity contribution in [1.29, 1.82) is 0 Å². The molecule has 0 aliphatic rings. The summed E-state index contributed by atoms with van der Waals surface area (Å²) in [5.41, 5.74) is 0.591. The second kappa shape index (κ2) is 6.05. The van der Waals surface area contributed by atoms with E-state index in [0.29, 0.717) is 30.6 Å². The maximum absolute atomic E-state index is 11.8. The number of carbonyl (C=O) groups excluding carboxylic acids is 2. The zero-order valence-corrected chi connectivity index (χ0v) is 9.66. The van der Waals surface area contributed by atoms with E-state index in [2.05, 4.69) is 0 Å². The van der Waals surface area contributed by atoms with E-state index in [0.717, 1.165) is 0 Å². The van der Waals surface area contributed by atoms with Gasteiger partial charge >= 0.3 is 0 Å². The number of carbonyl (C=O) groups is 2. The quantitative estimate of drug-likeness (QED) is 0.692. The number of methoxy groups -OCH3 is 1. The summed E-state index contributed by atoms with van der Waals surface area (Å²) in [6, 6.07) is 7.14. The summed E-state index contributed by atoms with van der Waals surface area (Å²) in [6.07, 6.45) is 1.45. The lowest BCUT2D eigenvalue weighted by atomic mass is 10.0. The lowest BCUT2D eigenvalue weighted by Gasteiger charge is -2.06. The van der Waals surface area contributed by atoms with Crippen molar-refractivity contribution in [3.05, 3.63) is 29.8 Å². The summed E-state index contributed by atoms with van der Waals surface area (Å²) in [4.78, 5) is 22.6. The van der Waals surface area contributed by atoms with E-state index in [1.165, 1.54) is 6.92 Å². The third-order valence-corrected chi connectivity index (χ3v) is 2.34. The molecule has 0 amide bonds. The van der Waals surface area contributed by atoms with Crippen LogP contribution in [0.2, 0.25) is 0 Å². The fourth-order valence-corrected chi connectivity index (χ4v) is 1.51. The molecule has 0 bridgehead atoms. The summed E-state index contributed by atoms with van der Waals surface area (Å²) >= 11 is 0. The fraction of sp³-hybridized carbons (Fsp3) is 0.385. The molecule has 0 aromatic heterocycles. The largest absolute Gasteiger partial charge is 0.496 e. The molecule has 0 heterocycles. The van der Waals surface area contributed by atoms with Gasteiger partial charge in [-0.2, -0.15) is 0 Å². The maximum atomic E-state index is 11.8. The topological polar surface area (TPSA) is 43.4 Å². The molecule has 86 valence electrons. The van der Waals surface area contributed by atoms with Crippen LogP contribution in [0.3, 0.4) is 0 Å². The maximum Gasteiger partial charge on any atom is 0.166 e. The van der Waals surface area contributed by atoms with E-state index in [4.69, 9.17) is 4.74 Å². The number of benzene rings is 1. The van der Waals surface area contributed by atoms with Crippen LogP contribution >= 0.6 is 0 Å². The Morgan fingerprint density at radius 2 is 1.88 bits per heavy atom. The predicted octanol–water partition coefficient (Wildman–Crippen LogP) is 2.64. The van der Waals surface area contributed by atoms with Crippen molar-refractivity contribution < 1.29 is 14.3 Å². The first-order valence-corrected chi connectivity index (χ1v) is 5.31. The minimum absolute atomic E-state index is 0.0266. The predicted molar refractivity (Wildman–Crippen MR) is 61.9 cm³/mol. The van der Waals surface area contributed by atoms with Crippen molar-refractivity contribution in [2.45, 2.75) is 26.2 Å². The molecule has 3 nitrogen and oxygen atoms in total. The SMILES string of the molecule is COc1ccccc1C(=O)CCCC(C)=O. The van der Waals surface area contributed by atoms with Gasteiger partial charge in [0.15, 0.2) is 5.78 Å². The molecule has 0 atom stereocenters. The van der Waals surface area contributed by atoms with Crippen LogP contribution < -0.4 is 4.74 Å². The molecule has 0 fully saturated rings. The summed E-state index contributed by atoms with van der Waals surface area (Å²) < 4.78 is 5.11. The Kier molecular flexibility index (Phi) is 4.70. The Bertz CT molecular complexity index is 383. The zero-order chi connectivity index (χ0) is 12.0. The summed E-state index contributed by atoms with van der Waals surface area (Å²) in [5.74, 6) is 0.738. The number of Topliss-reactive ketones (excluding diaryl/α,β-unsaturated/α-hetero) is 2. The van der Waals surface area contributed by atoms with Gasteiger partial charge in [-0.15, -0.1) is 0 Å². The molecule has 1 aromatic carbocycles. The lowest BCUT2D eigenvalue weighted by Crippen LogP contribution is -2.03. The van der Waals surface area contributed by atoms with Gasteiger partial charge in [0.25, 0.3) is 0 Å². The van der Waals surface area contributed by atoms with E-state index >= 15 is 0 Å². The van der Waals surface area contributed by atoms with Crippen LogP contribution in [0.1, 0.15) is 36.5 Å². The van der Waals surface area contributed by atoms with Gasteiger partial charge in [-0.1, -0.05) is 12.1 Å². The molecule has 0 spiro atoms. The van der Waals surface area contributed by atoms with Crippen LogP contribution in [0, 0.1) is 0 Å². The van der Waals surface area contributed by atoms with E-state index < -0.39 is 0 Å². The van der Waals surface area contributed by atoms with Crippen LogP contribution in [0.25, 0.3) is 0 Å². The van der Waals surface area contributed by atoms with Crippen molar-refractivity contribution in [1.82, 2.24) is 0 Å². The van der Waals surface area contributed by atoms with Crippen molar-refractivity contribution in [3.63, 3.8) is 0 Å². The average Bonchev–Trinajstić information content (AvgIpc) is 2.28. The Morgan fingerprint density at radius 3 is 2.50 bits per heavy atom. The molecule has 1 aromatic rings. The van der Waals surface area contributed by atoms with Crippen LogP contribution in [-0.4, -0.2) is 18.7 Å². The third kappa shape index (κ3) is 3.50. The first kappa shape index (κ1) is 12.4. The number of para-hydroxylation sites is 1. The highest BCUT2D eigenvalue weighted by atomic mass is 16.5. The molecular weight excluding hydrogens is 204 g/mol. The number of hydrogen-bond acceptors (Lipinski definition) is 3. The van der Waals surface area contributed by atoms with Gasteiger partial charge in [0.2, 0.25) is 0 Å². The fourth-order valence-electron chi connectivity index (χ4n) is 1.51. The number of rotatable bonds is 6. The second-order valence-electron chi connectivity index (χ2n) is 3.68. The van der Waals surface area contributed by atoms with Crippen LogP contribution in [0.15, 0.2) is 24.3 Å². The van der Waals surface area contributed by atoms with Gasteiger partial charge < -0.3 is 9.53 Å². The monoisotopic (exact) mass is 220 g/mol. The highest BCUT2D eigenvalue weighted by Gasteiger charge is 2.11. The molecule has 0 aliphatic heterocycles. The van der Waals surface area contributed by atoms with Gasteiger partial charge in [0.05, 0.1) is 12.7 Å². The van der Waals surface area contributed by atoms with E-state index in [1.54, 1.807) is 25.3 Å². The normalized spacial score (nSPS) is 9.88. The molecule has 16 heavy (non-hydrogen) atoms. The second-order valence-corrected chi connectivity index (χ2v) is 3.68. The highest BCUT2D eigenvalue weighted by Crippen LogP contribution is 2.19. The minimum Gasteiger partial charge on any atom is -0.496 e. The standard InChI is InChI=1S/C13H16O3/c1-10(14)6-5-8-12(15)11-7-3-4-9-13(11)16-2/h3-4,7,9H,5-6,8H2,1-2H3. The van der Waals surface area contributed by atoms with Crippen LogP contribution in [-0.2, 0) is 4.79 Å². The van der Waals surface area contributed by atoms with Crippen molar-refractivity contribution in [2.24, 2.45) is 0 Å². The molecule has 0 saturated carbocycles. The Morgan fingerprint density at radius 1 is 1.19 bits per heavy atom. The summed E-state index contributed by atoms with van der Waals surface area (Å²) in [7, 11) is 1.54. The highest BCUT2D eigenvalue weighted by molar-refractivity contribution is 5.98. The van der Waals surface area contributed by atoms with Crippen molar-refractivity contribution >= 4 is 11.6 Å². The molecule has 0 saturated heterocycles. The van der Waals surface area contributed by atoms with Gasteiger partial charge in [-0.3, -0.25) is 4.79 Å². The Balaban J connectivity index is 2.62. The summed E-state index contributed by atoms with van der Waals surface area (Å²) in [5, 5.41) is 0. The van der Waals surface area contributed by atoms with Crippen molar-refractivity contribution in [3.8, 4) is 5.75 Å². The van der Waals surface area contributed by atoms with Gasteiger partial charge in [0.1, 0.15) is 11.5 Å². The molecule has 0 aliphatic carbocycles. The number of hydrogen-bond donors (Lipinski definition) is 0. The van der Waals surface area contributed by atoms with Gasteiger partial charge in [-0.25, -0.2) is 0 Å². The molecule has 0 N–H and O–H groups in total. The Labute approximate surface area is 95.4 Å². The molecule has 3 heteroatoms. The van der Waals surface area contributed by atoms with E-state index in [1.807, 2.05) is 6.07 Å². The minimum atomic E-state index is 0.0266. The van der Waals surface area contributed by atoms with Gasteiger partial charge in [0, 0.05) is 12.8 Å². The first-order valence-electron chi connectivity index (χ1n) is 5.31. The average molecular weight is 220 g/mol. The number of ether oxygens (including phenoxy) is 1. The van der Waals surface area contributed by atoms with Crippen molar-refractivity contribution in [2.75, 3.05) is 7.11 Å². The van der Waals surface area contributed by atoms with E-state index in [-0.39, 0.29) is 11.6 Å². The third-order valence-electron chi connectivity index (χ3n) is 2.34. The molecule has 0 unspecified atom stereocenters. The zero-order valence-electron chi connectivity index (χ0n) is 9.66. The summed E-state index contributed by atoms with van der Waals surface area (Å²) in [6.45, 7) is 1.54. The first-order chi connectivity index (χ1) is 7.65. The Hall–Kier alpha value is -1.64. The van der Waals surface area contributed by atoms with Gasteiger partial charge in [-0.05, 0) is 25.5 Å². The molecular formula is C13H16O3.